The maximum Gasteiger partial charge on any atom is 0.239 e. The van der Waals surface area contributed by atoms with Crippen molar-refractivity contribution in [2.24, 2.45) is 0 Å². The summed E-state index contributed by atoms with van der Waals surface area (Å²) in [5.74, 6) is -0.156. The van der Waals surface area contributed by atoms with Crippen molar-refractivity contribution in [1.82, 2.24) is 15.5 Å². The third-order valence-corrected chi connectivity index (χ3v) is 3.57. The van der Waals surface area contributed by atoms with Crippen LogP contribution in [0.5, 0.6) is 0 Å². The number of carbonyl (C=O) groups excluding carboxylic acids is 2. The molecule has 20 heavy (non-hydrogen) atoms. The average Bonchev–Trinajstić information content (AvgIpc) is 2.45. The van der Waals surface area contributed by atoms with Gasteiger partial charge >= 0.3 is 0 Å². The highest BCUT2D eigenvalue weighted by atomic mass is 35.5. The quantitative estimate of drug-likeness (QED) is 0.869. The molecule has 1 heterocycles. The van der Waals surface area contributed by atoms with E-state index in [9.17, 15) is 9.59 Å². The highest BCUT2D eigenvalue weighted by molar-refractivity contribution is 6.30. The molecule has 1 saturated heterocycles. The van der Waals surface area contributed by atoms with Gasteiger partial charge in [-0.15, -0.1) is 0 Å². The molecule has 1 aliphatic heterocycles. The fourth-order valence-electron chi connectivity index (χ4n) is 2.07. The number of amides is 2. The van der Waals surface area contributed by atoms with E-state index in [4.69, 9.17) is 11.6 Å². The van der Waals surface area contributed by atoms with E-state index in [0.717, 1.165) is 5.56 Å². The van der Waals surface area contributed by atoms with Gasteiger partial charge in [-0.25, -0.2) is 0 Å². The average molecular weight is 296 g/mol. The van der Waals surface area contributed by atoms with Crippen molar-refractivity contribution in [2.75, 3.05) is 26.2 Å². The Morgan fingerprint density at radius 3 is 2.80 bits per heavy atom. The Balaban J connectivity index is 1.83. The second kappa shape index (κ2) is 6.72. The van der Waals surface area contributed by atoms with Gasteiger partial charge in [0.15, 0.2) is 0 Å². The van der Waals surface area contributed by atoms with Crippen LogP contribution >= 0.6 is 11.6 Å². The SMILES string of the molecule is C[C@@H](NCC(=O)N1CCNC(=O)C1)c1ccc(Cl)cc1. The molecule has 1 atom stereocenters. The largest absolute Gasteiger partial charge is 0.353 e. The molecular formula is C14H18ClN3O2. The van der Waals surface area contributed by atoms with Crippen LogP contribution in [0.3, 0.4) is 0 Å². The van der Waals surface area contributed by atoms with Crippen molar-refractivity contribution in [2.45, 2.75) is 13.0 Å². The van der Waals surface area contributed by atoms with Crippen molar-refractivity contribution in [1.29, 1.82) is 0 Å². The number of halogens is 1. The molecule has 0 saturated carbocycles. The molecule has 1 aromatic carbocycles. The van der Waals surface area contributed by atoms with Crippen LogP contribution in [0.25, 0.3) is 0 Å². The molecule has 0 unspecified atom stereocenters. The number of hydrogen-bond donors (Lipinski definition) is 2. The fraction of sp³-hybridized carbons (Fsp3) is 0.429. The van der Waals surface area contributed by atoms with Gasteiger partial charge in [0.25, 0.3) is 0 Å². The normalized spacial score (nSPS) is 16.7. The Hall–Kier alpha value is -1.59. The molecule has 2 amide bonds. The first kappa shape index (κ1) is 14.8. The third-order valence-electron chi connectivity index (χ3n) is 3.32. The number of rotatable bonds is 4. The van der Waals surface area contributed by atoms with Gasteiger partial charge in [-0.05, 0) is 24.6 Å². The lowest BCUT2D eigenvalue weighted by Gasteiger charge is -2.27. The number of piperazine rings is 1. The van der Waals surface area contributed by atoms with E-state index >= 15 is 0 Å². The van der Waals surface area contributed by atoms with E-state index in [1.165, 1.54) is 0 Å². The number of carbonyl (C=O) groups is 2. The minimum Gasteiger partial charge on any atom is -0.353 e. The summed E-state index contributed by atoms with van der Waals surface area (Å²) >= 11 is 5.84. The van der Waals surface area contributed by atoms with Gasteiger partial charge in [0.2, 0.25) is 11.8 Å². The Morgan fingerprint density at radius 2 is 2.15 bits per heavy atom. The minimum absolute atomic E-state index is 0.0508. The van der Waals surface area contributed by atoms with Gasteiger partial charge in [-0.1, -0.05) is 23.7 Å². The maximum atomic E-state index is 12.0. The summed E-state index contributed by atoms with van der Waals surface area (Å²) in [4.78, 5) is 24.8. The zero-order valence-corrected chi connectivity index (χ0v) is 12.1. The molecule has 0 aliphatic carbocycles. The van der Waals surface area contributed by atoms with Crippen LogP contribution in [0.1, 0.15) is 18.5 Å². The summed E-state index contributed by atoms with van der Waals surface area (Å²) in [6, 6.07) is 7.56. The zero-order chi connectivity index (χ0) is 14.5. The topological polar surface area (TPSA) is 61.4 Å². The number of nitrogens with zero attached hydrogens (tertiary/aromatic N) is 1. The first-order valence-corrected chi connectivity index (χ1v) is 6.97. The zero-order valence-electron chi connectivity index (χ0n) is 11.4. The number of benzene rings is 1. The van der Waals surface area contributed by atoms with Crippen LogP contribution in [0, 0.1) is 0 Å². The lowest BCUT2D eigenvalue weighted by molar-refractivity contribution is -0.137. The van der Waals surface area contributed by atoms with Crippen LogP contribution < -0.4 is 10.6 Å². The first-order valence-electron chi connectivity index (χ1n) is 6.59. The predicted octanol–water partition coefficient (Wildman–Crippen LogP) is 0.949. The van der Waals surface area contributed by atoms with Crippen LogP contribution in [0.15, 0.2) is 24.3 Å². The summed E-state index contributed by atoms with van der Waals surface area (Å²) in [5, 5.41) is 6.55. The molecule has 108 valence electrons. The smallest absolute Gasteiger partial charge is 0.239 e. The van der Waals surface area contributed by atoms with Gasteiger partial charge in [-0.2, -0.15) is 0 Å². The van der Waals surface area contributed by atoms with E-state index in [-0.39, 0.29) is 30.9 Å². The van der Waals surface area contributed by atoms with E-state index in [0.29, 0.717) is 18.1 Å². The monoisotopic (exact) mass is 295 g/mol. The molecular weight excluding hydrogens is 278 g/mol. The minimum atomic E-state index is -0.102. The Kier molecular flexibility index (Phi) is 4.98. The van der Waals surface area contributed by atoms with Gasteiger partial charge in [-0.3, -0.25) is 9.59 Å². The van der Waals surface area contributed by atoms with Crippen LogP contribution in [0.4, 0.5) is 0 Å². The Labute approximate surface area is 123 Å². The maximum absolute atomic E-state index is 12.0. The summed E-state index contributed by atoms with van der Waals surface area (Å²) < 4.78 is 0. The number of nitrogens with one attached hydrogen (secondary N) is 2. The highest BCUT2D eigenvalue weighted by Gasteiger charge is 2.21. The van der Waals surface area contributed by atoms with E-state index in [1.807, 2.05) is 31.2 Å². The third kappa shape index (κ3) is 3.95. The van der Waals surface area contributed by atoms with Crippen molar-refractivity contribution in [3.63, 3.8) is 0 Å². The first-order chi connectivity index (χ1) is 9.56. The Morgan fingerprint density at radius 1 is 1.45 bits per heavy atom. The molecule has 5 nitrogen and oxygen atoms in total. The fourth-order valence-corrected chi connectivity index (χ4v) is 2.20. The van der Waals surface area contributed by atoms with E-state index in [1.54, 1.807) is 4.90 Å². The van der Waals surface area contributed by atoms with Crippen molar-refractivity contribution < 1.29 is 9.59 Å². The van der Waals surface area contributed by atoms with Gasteiger partial charge in [0.05, 0.1) is 13.1 Å². The lowest BCUT2D eigenvalue weighted by atomic mass is 10.1. The summed E-state index contributed by atoms with van der Waals surface area (Å²) in [6.45, 7) is 3.45. The van der Waals surface area contributed by atoms with Crippen LogP contribution in [-0.2, 0) is 9.59 Å². The second-order valence-electron chi connectivity index (χ2n) is 4.82. The Bertz CT molecular complexity index is 490. The van der Waals surface area contributed by atoms with Crippen LogP contribution in [-0.4, -0.2) is 42.9 Å². The van der Waals surface area contributed by atoms with Gasteiger partial charge < -0.3 is 15.5 Å². The summed E-state index contributed by atoms with van der Waals surface area (Å²) in [5.41, 5.74) is 1.07. The molecule has 1 aromatic rings. The van der Waals surface area contributed by atoms with E-state index < -0.39 is 0 Å². The molecule has 1 fully saturated rings. The molecule has 0 aromatic heterocycles. The lowest BCUT2D eigenvalue weighted by Crippen LogP contribution is -2.52. The molecule has 6 heteroatoms. The second-order valence-corrected chi connectivity index (χ2v) is 5.26. The molecule has 0 radical (unpaired) electrons. The van der Waals surface area contributed by atoms with Crippen molar-refractivity contribution >= 4 is 23.4 Å². The van der Waals surface area contributed by atoms with Crippen molar-refractivity contribution in [3.8, 4) is 0 Å². The molecule has 2 rings (SSSR count). The summed E-state index contributed by atoms with van der Waals surface area (Å²) in [7, 11) is 0. The van der Waals surface area contributed by atoms with Gasteiger partial charge in [0, 0.05) is 24.2 Å². The standard InChI is InChI=1S/C14H18ClN3O2/c1-10(11-2-4-12(15)5-3-11)17-8-14(20)18-7-6-16-13(19)9-18/h2-5,10,17H,6-9H2,1H3,(H,16,19)/t10-/m1/s1. The molecule has 0 spiro atoms. The van der Waals surface area contributed by atoms with E-state index in [2.05, 4.69) is 10.6 Å². The molecule has 1 aliphatic rings. The van der Waals surface area contributed by atoms with Crippen LogP contribution in [0.2, 0.25) is 5.02 Å². The number of hydrogen-bond acceptors (Lipinski definition) is 3. The summed E-state index contributed by atoms with van der Waals surface area (Å²) in [6.07, 6.45) is 0. The predicted molar refractivity (Wildman–Crippen MR) is 77.5 cm³/mol. The molecule has 2 N–H and O–H groups in total. The van der Waals surface area contributed by atoms with Gasteiger partial charge in [0.1, 0.15) is 0 Å². The van der Waals surface area contributed by atoms with Crippen molar-refractivity contribution in [3.05, 3.63) is 34.9 Å². The highest BCUT2D eigenvalue weighted by Crippen LogP contribution is 2.15. The molecule has 0 bridgehead atoms.